The van der Waals surface area contributed by atoms with Crippen molar-refractivity contribution < 1.29 is 8.42 Å². The van der Waals surface area contributed by atoms with Gasteiger partial charge in [0.25, 0.3) is 10.0 Å². The number of thiophene rings is 1. The molecule has 1 aromatic heterocycles. The van der Waals surface area contributed by atoms with Crippen molar-refractivity contribution in [3.05, 3.63) is 15.4 Å². The summed E-state index contributed by atoms with van der Waals surface area (Å²) in [5.41, 5.74) is 1.00. The predicted octanol–water partition coefficient (Wildman–Crippen LogP) is 4.16. The molecular weight excluding hydrogens is 358 g/mol. The van der Waals surface area contributed by atoms with Crippen molar-refractivity contribution in [1.29, 1.82) is 0 Å². The maximum Gasteiger partial charge on any atom is 0.252 e. The van der Waals surface area contributed by atoms with Crippen molar-refractivity contribution in [1.82, 2.24) is 4.31 Å². The van der Waals surface area contributed by atoms with Crippen molar-refractivity contribution in [2.24, 2.45) is 5.92 Å². The van der Waals surface area contributed by atoms with Crippen LogP contribution in [-0.4, -0.2) is 25.3 Å². The van der Waals surface area contributed by atoms with Crippen LogP contribution in [0.2, 0.25) is 0 Å². The molecule has 0 spiro atoms. The molecule has 2 heterocycles. The summed E-state index contributed by atoms with van der Waals surface area (Å²) in [6, 6.07) is 2.04. The molecule has 0 amide bonds. The first-order chi connectivity index (χ1) is 9.50. The molecule has 112 valence electrons. The van der Waals surface area contributed by atoms with Gasteiger partial charge in [-0.2, -0.15) is 4.31 Å². The number of rotatable bonds is 3. The molecular formula is C14H20BrNO2S2. The van der Waals surface area contributed by atoms with Crippen molar-refractivity contribution >= 4 is 37.3 Å². The van der Waals surface area contributed by atoms with Crippen molar-refractivity contribution in [2.75, 3.05) is 6.54 Å². The molecule has 0 bridgehead atoms. The number of aryl methyl sites for hydroxylation is 1. The van der Waals surface area contributed by atoms with E-state index in [2.05, 4.69) is 15.9 Å². The van der Waals surface area contributed by atoms with Gasteiger partial charge in [0.1, 0.15) is 4.21 Å². The fourth-order valence-electron chi connectivity index (χ4n) is 3.55. The summed E-state index contributed by atoms with van der Waals surface area (Å²) in [6.45, 7) is 2.64. The van der Waals surface area contributed by atoms with Gasteiger partial charge in [0.05, 0.1) is 3.79 Å². The Morgan fingerprint density at radius 1 is 1.25 bits per heavy atom. The molecule has 1 aliphatic carbocycles. The van der Waals surface area contributed by atoms with Crippen LogP contribution in [0.3, 0.4) is 0 Å². The molecule has 1 unspecified atom stereocenters. The summed E-state index contributed by atoms with van der Waals surface area (Å²) in [6.07, 6.45) is 6.96. The van der Waals surface area contributed by atoms with Crippen LogP contribution >= 0.6 is 27.3 Å². The fourth-order valence-corrected chi connectivity index (χ4v) is 7.66. The topological polar surface area (TPSA) is 37.4 Å². The maximum absolute atomic E-state index is 12.9. The molecule has 1 aliphatic heterocycles. The van der Waals surface area contributed by atoms with Gasteiger partial charge in [-0.15, -0.1) is 11.3 Å². The zero-order chi connectivity index (χ0) is 14.3. The second-order valence-corrected chi connectivity index (χ2v) is 10.4. The molecule has 2 fully saturated rings. The zero-order valence-electron chi connectivity index (χ0n) is 11.6. The minimum atomic E-state index is -3.31. The lowest BCUT2D eigenvalue weighted by molar-refractivity contribution is 0.289. The molecule has 0 radical (unpaired) electrons. The van der Waals surface area contributed by atoms with E-state index in [0.717, 1.165) is 22.2 Å². The SMILES string of the molecule is Cc1cc(S(=O)(=O)N2CCCC2C2CCCC2)sc1Br. The summed E-state index contributed by atoms with van der Waals surface area (Å²) < 4.78 is 29.0. The molecule has 1 saturated heterocycles. The summed E-state index contributed by atoms with van der Waals surface area (Å²) in [7, 11) is -3.31. The first kappa shape index (κ1) is 15.0. The third kappa shape index (κ3) is 2.60. The Hall–Kier alpha value is 0.0900. The average molecular weight is 378 g/mol. The van der Waals surface area contributed by atoms with Gasteiger partial charge in [0.2, 0.25) is 0 Å². The lowest BCUT2D eigenvalue weighted by atomic mass is 9.97. The Bertz CT molecular complexity index is 571. The van der Waals surface area contributed by atoms with E-state index in [4.69, 9.17) is 0 Å². The van der Waals surface area contributed by atoms with Crippen LogP contribution in [0.25, 0.3) is 0 Å². The molecule has 0 N–H and O–H groups in total. The third-order valence-corrected chi connectivity index (χ3v) is 9.10. The summed E-state index contributed by atoms with van der Waals surface area (Å²) in [5, 5.41) is 0. The first-order valence-electron chi connectivity index (χ1n) is 7.28. The van der Waals surface area contributed by atoms with Crippen LogP contribution in [0, 0.1) is 12.8 Å². The van der Waals surface area contributed by atoms with Crippen molar-refractivity contribution in [3.8, 4) is 0 Å². The van der Waals surface area contributed by atoms with Gasteiger partial charge < -0.3 is 0 Å². The standard InChI is InChI=1S/C14H20BrNO2S2/c1-10-9-13(19-14(10)15)20(17,18)16-8-4-7-12(16)11-5-2-3-6-11/h9,11-12H,2-8H2,1H3. The van der Waals surface area contributed by atoms with E-state index in [1.165, 1.54) is 37.0 Å². The normalized spacial score (nSPS) is 25.6. The molecule has 3 nitrogen and oxygen atoms in total. The van der Waals surface area contributed by atoms with E-state index >= 15 is 0 Å². The van der Waals surface area contributed by atoms with Gasteiger partial charge in [-0.3, -0.25) is 0 Å². The van der Waals surface area contributed by atoms with Gasteiger partial charge in [0.15, 0.2) is 0 Å². The van der Waals surface area contributed by atoms with Crippen LogP contribution in [-0.2, 0) is 10.0 Å². The van der Waals surface area contributed by atoms with Gasteiger partial charge in [-0.1, -0.05) is 12.8 Å². The fraction of sp³-hybridized carbons (Fsp3) is 0.714. The number of hydrogen-bond donors (Lipinski definition) is 0. The summed E-state index contributed by atoms with van der Waals surface area (Å²) in [4.78, 5) is 0. The average Bonchev–Trinajstić information content (AvgIpc) is 3.10. The van der Waals surface area contributed by atoms with Crippen LogP contribution < -0.4 is 0 Å². The zero-order valence-corrected chi connectivity index (χ0v) is 14.9. The van der Waals surface area contributed by atoms with E-state index in [1.54, 1.807) is 10.4 Å². The lowest BCUT2D eigenvalue weighted by Crippen LogP contribution is -2.39. The van der Waals surface area contributed by atoms with Gasteiger partial charge in [-0.25, -0.2) is 8.42 Å². The highest BCUT2D eigenvalue weighted by molar-refractivity contribution is 9.11. The number of halogens is 1. The highest BCUT2D eigenvalue weighted by Gasteiger charge is 2.40. The Labute approximate surface area is 133 Å². The highest BCUT2D eigenvalue weighted by atomic mass is 79.9. The molecule has 1 aromatic rings. The van der Waals surface area contributed by atoms with E-state index in [1.807, 2.05) is 6.92 Å². The summed E-state index contributed by atoms with van der Waals surface area (Å²) in [5.74, 6) is 0.580. The van der Waals surface area contributed by atoms with E-state index < -0.39 is 10.0 Å². The number of sulfonamides is 1. The van der Waals surface area contributed by atoms with Crippen molar-refractivity contribution in [3.63, 3.8) is 0 Å². The Morgan fingerprint density at radius 3 is 2.55 bits per heavy atom. The number of nitrogens with zero attached hydrogens (tertiary/aromatic N) is 1. The molecule has 3 rings (SSSR count). The minimum Gasteiger partial charge on any atom is -0.206 e. The predicted molar refractivity (Wildman–Crippen MR) is 85.6 cm³/mol. The van der Waals surface area contributed by atoms with Crippen LogP contribution in [0.4, 0.5) is 0 Å². The molecule has 2 aliphatic rings. The molecule has 0 aromatic carbocycles. The van der Waals surface area contributed by atoms with Crippen LogP contribution in [0.15, 0.2) is 14.1 Å². The smallest absolute Gasteiger partial charge is 0.206 e. The van der Waals surface area contributed by atoms with Gasteiger partial charge in [-0.05, 0) is 66.1 Å². The monoisotopic (exact) mass is 377 g/mol. The highest BCUT2D eigenvalue weighted by Crippen LogP contribution is 2.40. The van der Waals surface area contributed by atoms with Gasteiger partial charge >= 0.3 is 0 Å². The maximum atomic E-state index is 12.9. The number of hydrogen-bond acceptors (Lipinski definition) is 3. The van der Waals surface area contributed by atoms with Crippen molar-refractivity contribution in [2.45, 2.75) is 55.7 Å². The van der Waals surface area contributed by atoms with Gasteiger partial charge in [0, 0.05) is 12.6 Å². The third-order valence-electron chi connectivity index (χ3n) is 4.59. The molecule has 6 heteroatoms. The molecule has 1 saturated carbocycles. The van der Waals surface area contributed by atoms with E-state index in [0.29, 0.717) is 16.7 Å². The Morgan fingerprint density at radius 2 is 1.95 bits per heavy atom. The van der Waals surface area contributed by atoms with E-state index in [-0.39, 0.29) is 6.04 Å². The second-order valence-electron chi connectivity index (χ2n) is 5.89. The van der Waals surface area contributed by atoms with Crippen LogP contribution in [0.1, 0.15) is 44.1 Å². The molecule has 1 atom stereocenters. The quantitative estimate of drug-likeness (QED) is 0.792. The minimum absolute atomic E-state index is 0.240. The van der Waals surface area contributed by atoms with E-state index in [9.17, 15) is 8.42 Å². The molecule has 20 heavy (non-hydrogen) atoms. The Kier molecular flexibility index (Phi) is 4.28. The second kappa shape index (κ2) is 5.71. The summed E-state index contributed by atoms with van der Waals surface area (Å²) >= 11 is 4.77. The largest absolute Gasteiger partial charge is 0.252 e. The Balaban J connectivity index is 1.89. The van der Waals surface area contributed by atoms with Crippen LogP contribution in [0.5, 0.6) is 0 Å². The lowest BCUT2D eigenvalue weighted by Gasteiger charge is -2.28. The first-order valence-corrected chi connectivity index (χ1v) is 10.3.